The molecule has 49 heavy (non-hydrogen) atoms. The number of hydrogen-bond acceptors (Lipinski definition) is 5. The van der Waals surface area contributed by atoms with Crippen LogP contribution in [0.15, 0.2) is 103 Å². The first-order valence-electron chi connectivity index (χ1n) is 17.5. The lowest BCUT2D eigenvalue weighted by Gasteiger charge is -2.46. The molecule has 1 fully saturated rings. The van der Waals surface area contributed by atoms with Crippen molar-refractivity contribution in [1.82, 2.24) is 4.90 Å². The van der Waals surface area contributed by atoms with Gasteiger partial charge in [-0.3, -0.25) is 4.79 Å². The summed E-state index contributed by atoms with van der Waals surface area (Å²) >= 11 is 1.50. The van der Waals surface area contributed by atoms with Crippen molar-refractivity contribution < 1.29 is 19.8 Å². The van der Waals surface area contributed by atoms with Gasteiger partial charge in [-0.15, -0.1) is 11.3 Å². The molecule has 2 amide bonds. The molecule has 1 aromatic heterocycles. The number of para-hydroxylation sites is 1. The highest BCUT2D eigenvalue weighted by Crippen LogP contribution is 2.59. The SMILES string of the molecule is CC1=CCCC2(C)C(CCC2(O)CN(Cc2ccccc2)C(=O)Nc2ccccc2)c2ccc(cc2C(=O)c2ccc(C)s2)CC(O)CC1. The molecule has 2 bridgehead atoms. The van der Waals surface area contributed by atoms with Gasteiger partial charge in [-0.05, 0) is 112 Å². The van der Waals surface area contributed by atoms with E-state index in [9.17, 15) is 19.8 Å². The number of fused-ring (bicyclic) bond motifs is 8. The fourth-order valence-corrected chi connectivity index (χ4v) is 8.75. The van der Waals surface area contributed by atoms with Gasteiger partial charge < -0.3 is 20.4 Å². The molecule has 4 aromatic rings. The Hall–Kier alpha value is -4.04. The molecule has 0 radical (unpaired) electrons. The molecular weight excluding hydrogens is 629 g/mol. The van der Waals surface area contributed by atoms with E-state index in [0.29, 0.717) is 54.8 Å². The first kappa shape index (κ1) is 34.8. The number of aliphatic hydroxyl groups is 2. The minimum Gasteiger partial charge on any atom is -0.393 e. The second kappa shape index (κ2) is 14.8. The van der Waals surface area contributed by atoms with Gasteiger partial charge in [0.15, 0.2) is 0 Å². The number of nitrogens with zero attached hydrogens (tertiary/aromatic N) is 1. The van der Waals surface area contributed by atoms with Crippen molar-refractivity contribution in [1.29, 1.82) is 0 Å². The molecule has 4 atom stereocenters. The maximum absolute atomic E-state index is 14.2. The van der Waals surface area contributed by atoms with Crippen molar-refractivity contribution in [2.75, 3.05) is 11.9 Å². The Balaban J connectivity index is 1.41. The van der Waals surface area contributed by atoms with E-state index in [4.69, 9.17) is 0 Å². The van der Waals surface area contributed by atoms with Crippen LogP contribution in [0.3, 0.4) is 0 Å². The number of aliphatic hydroxyl groups excluding tert-OH is 1. The van der Waals surface area contributed by atoms with Gasteiger partial charge in [0, 0.05) is 28.1 Å². The van der Waals surface area contributed by atoms with Crippen LogP contribution >= 0.6 is 11.3 Å². The molecule has 3 aliphatic carbocycles. The van der Waals surface area contributed by atoms with Crippen LogP contribution in [0.5, 0.6) is 0 Å². The van der Waals surface area contributed by atoms with Crippen molar-refractivity contribution in [3.63, 3.8) is 0 Å². The van der Waals surface area contributed by atoms with Crippen molar-refractivity contribution in [2.24, 2.45) is 5.41 Å². The topological polar surface area (TPSA) is 89.9 Å². The summed E-state index contributed by atoms with van der Waals surface area (Å²) < 4.78 is 0. The van der Waals surface area contributed by atoms with E-state index in [1.807, 2.05) is 85.8 Å². The molecule has 3 aliphatic rings. The summed E-state index contributed by atoms with van der Waals surface area (Å²) in [6.07, 6.45) is 6.26. The number of benzene rings is 3. The van der Waals surface area contributed by atoms with Gasteiger partial charge >= 0.3 is 6.03 Å². The molecule has 7 heteroatoms. The van der Waals surface area contributed by atoms with E-state index < -0.39 is 17.1 Å². The highest BCUT2D eigenvalue weighted by Gasteiger charge is 2.57. The minimum absolute atomic E-state index is 0.0157. The third kappa shape index (κ3) is 7.75. The van der Waals surface area contributed by atoms with Crippen LogP contribution in [0.1, 0.15) is 95.1 Å². The predicted octanol–water partition coefficient (Wildman–Crippen LogP) is 9.06. The number of thiophene rings is 1. The average molecular weight is 677 g/mol. The van der Waals surface area contributed by atoms with Gasteiger partial charge in [0.05, 0.1) is 23.1 Å². The van der Waals surface area contributed by atoms with Crippen LogP contribution in [0, 0.1) is 12.3 Å². The highest BCUT2D eigenvalue weighted by atomic mass is 32.1. The quantitative estimate of drug-likeness (QED) is 0.135. The number of nitrogens with one attached hydrogen (secondary N) is 1. The lowest BCUT2D eigenvalue weighted by molar-refractivity contribution is -0.0773. The van der Waals surface area contributed by atoms with E-state index in [1.54, 1.807) is 4.90 Å². The van der Waals surface area contributed by atoms with E-state index in [0.717, 1.165) is 34.4 Å². The molecule has 1 heterocycles. The Morgan fingerprint density at radius 2 is 1.67 bits per heavy atom. The molecule has 4 unspecified atom stereocenters. The molecular formula is C42H48N2O4S. The van der Waals surface area contributed by atoms with Crippen molar-refractivity contribution in [2.45, 2.75) is 89.9 Å². The number of urea groups is 1. The number of allylic oxidation sites excluding steroid dienone is 2. The zero-order valence-electron chi connectivity index (χ0n) is 28.8. The Labute approximate surface area is 294 Å². The zero-order valence-corrected chi connectivity index (χ0v) is 29.6. The lowest BCUT2D eigenvalue weighted by Crippen LogP contribution is -2.54. The summed E-state index contributed by atoms with van der Waals surface area (Å²) in [5.41, 5.74) is 3.55. The predicted molar refractivity (Wildman–Crippen MR) is 198 cm³/mol. The van der Waals surface area contributed by atoms with Gasteiger partial charge in [-0.2, -0.15) is 0 Å². The molecule has 6 nitrogen and oxygen atoms in total. The molecule has 3 aromatic carbocycles. The van der Waals surface area contributed by atoms with Crippen molar-refractivity contribution in [3.05, 3.63) is 135 Å². The van der Waals surface area contributed by atoms with E-state index >= 15 is 0 Å². The highest BCUT2D eigenvalue weighted by molar-refractivity contribution is 7.14. The number of anilines is 1. The molecule has 0 spiro atoms. The maximum atomic E-state index is 14.2. The second-order valence-electron chi connectivity index (χ2n) is 14.3. The van der Waals surface area contributed by atoms with Crippen LogP contribution in [0.25, 0.3) is 0 Å². The second-order valence-corrected chi connectivity index (χ2v) is 15.6. The number of amides is 2. The number of hydrogen-bond donors (Lipinski definition) is 3. The molecule has 3 N–H and O–H groups in total. The summed E-state index contributed by atoms with van der Waals surface area (Å²) in [6, 6.07) is 29.0. The third-order valence-electron chi connectivity index (χ3n) is 10.9. The largest absolute Gasteiger partial charge is 0.393 e. The van der Waals surface area contributed by atoms with Crippen molar-refractivity contribution in [3.8, 4) is 0 Å². The van der Waals surface area contributed by atoms with Crippen LogP contribution in [-0.4, -0.2) is 45.2 Å². The smallest absolute Gasteiger partial charge is 0.322 e. The van der Waals surface area contributed by atoms with Crippen LogP contribution < -0.4 is 5.32 Å². The van der Waals surface area contributed by atoms with E-state index in [1.165, 1.54) is 16.9 Å². The summed E-state index contributed by atoms with van der Waals surface area (Å²) in [6.45, 7) is 6.78. The van der Waals surface area contributed by atoms with Crippen LogP contribution in [0.4, 0.5) is 10.5 Å². The van der Waals surface area contributed by atoms with E-state index in [2.05, 4.69) is 37.4 Å². The summed E-state index contributed by atoms with van der Waals surface area (Å²) in [7, 11) is 0. The minimum atomic E-state index is -1.23. The molecule has 7 rings (SSSR count). The summed E-state index contributed by atoms with van der Waals surface area (Å²) in [5.74, 6) is -0.137. The Kier molecular flexibility index (Phi) is 10.5. The molecule has 256 valence electrons. The van der Waals surface area contributed by atoms with E-state index in [-0.39, 0.29) is 24.3 Å². The normalized spacial score (nSPS) is 24.1. The van der Waals surface area contributed by atoms with Gasteiger partial charge in [-0.1, -0.05) is 79.2 Å². The summed E-state index contributed by atoms with van der Waals surface area (Å²) in [5, 5.41) is 26.9. The van der Waals surface area contributed by atoms with Gasteiger partial charge in [0.1, 0.15) is 0 Å². The average Bonchev–Trinajstić information content (AvgIpc) is 3.64. The standard InChI is InChI=1S/C42H48N2O4S/c1-29-11-10-23-41(3)37(35-20-18-32(25-34(45)19-16-29)26-36(35)39(46)38-21-17-30(2)49-38)22-24-42(41,48)28-44(27-31-12-6-4-7-13-31)40(47)43-33-14-8-5-9-15-33/h4-9,11-15,17-18,20-21,26,34,37,45,48H,10,16,19,22-25,27-28H2,1-3H3,(H,43,47). The third-order valence-corrected chi connectivity index (χ3v) is 11.9. The van der Waals surface area contributed by atoms with Crippen LogP contribution in [0.2, 0.25) is 0 Å². The lowest BCUT2D eigenvalue weighted by atomic mass is 9.64. The first-order chi connectivity index (χ1) is 23.5. The fourth-order valence-electron chi connectivity index (χ4n) is 7.93. The first-order valence-corrected chi connectivity index (χ1v) is 18.3. The Morgan fingerprint density at radius 1 is 0.939 bits per heavy atom. The number of carbonyl (C=O) groups excluding carboxylic acids is 2. The number of aryl methyl sites for hydroxylation is 1. The number of carbonyl (C=O) groups is 2. The van der Waals surface area contributed by atoms with Gasteiger partial charge in [-0.25, -0.2) is 4.79 Å². The van der Waals surface area contributed by atoms with Crippen LogP contribution in [-0.2, 0) is 13.0 Å². The molecule has 0 aliphatic heterocycles. The fraction of sp³-hybridized carbons (Fsp3) is 0.381. The zero-order chi connectivity index (χ0) is 34.6. The molecule has 1 saturated carbocycles. The van der Waals surface area contributed by atoms with Crippen molar-refractivity contribution >= 4 is 28.8 Å². The molecule has 0 saturated heterocycles. The maximum Gasteiger partial charge on any atom is 0.322 e. The van der Waals surface area contributed by atoms with Gasteiger partial charge in [0.2, 0.25) is 5.78 Å². The Bertz CT molecular complexity index is 1800. The summed E-state index contributed by atoms with van der Waals surface area (Å²) in [4.78, 5) is 31.7. The number of ketones is 1. The number of rotatable bonds is 7. The Morgan fingerprint density at radius 3 is 2.39 bits per heavy atom. The van der Waals surface area contributed by atoms with Gasteiger partial charge in [0.25, 0.3) is 0 Å². The monoisotopic (exact) mass is 676 g/mol.